The molecule has 158 valence electrons. The molecule has 0 aliphatic rings. The van der Waals surface area contributed by atoms with E-state index >= 15 is 0 Å². The third kappa shape index (κ3) is 5.35. The van der Waals surface area contributed by atoms with Crippen molar-refractivity contribution in [2.75, 3.05) is 18.1 Å². The number of nitrogens with two attached hydrogens (primary N) is 1. The van der Waals surface area contributed by atoms with Gasteiger partial charge in [-0.15, -0.1) is 10.2 Å². The Morgan fingerprint density at radius 3 is 2.35 bits per heavy atom. The fourth-order valence-corrected chi connectivity index (χ4v) is 3.93. The van der Waals surface area contributed by atoms with Gasteiger partial charge in [-0.05, 0) is 29.7 Å². The van der Waals surface area contributed by atoms with Crippen molar-refractivity contribution in [1.82, 2.24) is 19.8 Å². The molecule has 2 aromatic carbocycles. The average molecular weight is 434 g/mol. The minimum atomic E-state index is 0.0207. The van der Waals surface area contributed by atoms with Crippen LogP contribution in [0.5, 0.6) is 0 Å². The summed E-state index contributed by atoms with van der Waals surface area (Å²) in [6, 6.07) is 23.7. The second-order valence-electron chi connectivity index (χ2n) is 6.98. The smallest absolute Gasteiger partial charge is 0.233 e. The van der Waals surface area contributed by atoms with Crippen molar-refractivity contribution in [2.45, 2.75) is 18.1 Å². The molecule has 2 aromatic heterocycles. The fraction of sp³-hybridized carbons (Fsp3) is 0.174. The number of furan rings is 1. The highest BCUT2D eigenvalue weighted by atomic mass is 32.2. The Balaban J connectivity index is 1.42. The molecule has 4 rings (SSSR count). The van der Waals surface area contributed by atoms with Crippen LogP contribution in [0.3, 0.4) is 0 Å². The fourth-order valence-electron chi connectivity index (χ4n) is 3.17. The number of rotatable bonds is 9. The third-order valence-electron chi connectivity index (χ3n) is 4.81. The second kappa shape index (κ2) is 9.99. The summed E-state index contributed by atoms with van der Waals surface area (Å²) >= 11 is 1.27. The highest BCUT2D eigenvalue weighted by Crippen LogP contribution is 2.22. The Morgan fingerprint density at radius 2 is 1.68 bits per heavy atom. The van der Waals surface area contributed by atoms with Crippen LogP contribution in [0.15, 0.2) is 88.6 Å². The molecule has 0 aliphatic carbocycles. The van der Waals surface area contributed by atoms with E-state index in [1.54, 1.807) is 18.4 Å². The first-order valence-electron chi connectivity index (χ1n) is 9.93. The van der Waals surface area contributed by atoms with Crippen LogP contribution in [0.4, 0.5) is 0 Å². The SMILES string of the molecule is Nn1c(SCC(=O)N(CCc2ccccc2)Cc2ccccc2)nnc1-c1ccco1. The molecular formula is C23H23N5O2S. The van der Waals surface area contributed by atoms with Gasteiger partial charge in [0, 0.05) is 13.1 Å². The van der Waals surface area contributed by atoms with Gasteiger partial charge in [0.1, 0.15) is 0 Å². The zero-order valence-electron chi connectivity index (χ0n) is 16.9. The molecule has 0 atom stereocenters. The predicted octanol–water partition coefficient (Wildman–Crippen LogP) is 3.62. The minimum absolute atomic E-state index is 0.0207. The zero-order chi connectivity index (χ0) is 21.5. The number of nitrogen functional groups attached to an aromatic ring is 1. The third-order valence-corrected chi connectivity index (χ3v) is 5.74. The lowest BCUT2D eigenvalue weighted by molar-refractivity contribution is -0.128. The lowest BCUT2D eigenvalue weighted by atomic mass is 10.1. The number of amides is 1. The summed E-state index contributed by atoms with van der Waals surface area (Å²) in [5.74, 6) is 7.29. The minimum Gasteiger partial charge on any atom is -0.461 e. The number of hydrogen-bond donors (Lipinski definition) is 1. The van der Waals surface area contributed by atoms with Crippen molar-refractivity contribution in [3.05, 3.63) is 90.2 Å². The second-order valence-corrected chi connectivity index (χ2v) is 7.92. The quantitative estimate of drug-likeness (QED) is 0.320. The first-order chi connectivity index (χ1) is 15.2. The van der Waals surface area contributed by atoms with E-state index in [1.807, 2.05) is 53.4 Å². The van der Waals surface area contributed by atoms with E-state index < -0.39 is 0 Å². The van der Waals surface area contributed by atoms with E-state index in [-0.39, 0.29) is 11.7 Å². The van der Waals surface area contributed by atoms with Crippen molar-refractivity contribution in [2.24, 2.45) is 0 Å². The van der Waals surface area contributed by atoms with E-state index in [4.69, 9.17) is 10.3 Å². The number of hydrogen-bond acceptors (Lipinski definition) is 6. The molecule has 0 aliphatic heterocycles. The molecule has 0 bridgehead atoms. The van der Waals surface area contributed by atoms with Gasteiger partial charge >= 0.3 is 0 Å². The van der Waals surface area contributed by atoms with Crippen LogP contribution in [0, 0.1) is 0 Å². The average Bonchev–Trinajstić information content (AvgIpc) is 3.46. The normalized spacial score (nSPS) is 10.8. The number of benzene rings is 2. The van der Waals surface area contributed by atoms with Gasteiger partial charge in [0.05, 0.1) is 12.0 Å². The number of nitrogens with zero attached hydrogens (tertiary/aromatic N) is 4. The van der Waals surface area contributed by atoms with Crippen LogP contribution in [-0.2, 0) is 17.8 Å². The van der Waals surface area contributed by atoms with Gasteiger partial charge in [-0.1, -0.05) is 72.4 Å². The Bertz CT molecular complexity index is 1100. The Kier molecular flexibility index (Phi) is 6.68. The molecule has 2 heterocycles. The van der Waals surface area contributed by atoms with Gasteiger partial charge in [0.15, 0.2) is 5.76 Å². The van der Waals surface area contributed by atoms with Gasteiger partial charge in [-0.25, -0.2) is 4.68 Å². The molecule has 0 saturated heterocycles. The monoisotopic (exact) mass is 433 g/mol. The Morgan fingerprint density at radius 1 is 0.968 bits per heavy atom. The highest BCUT2D eigenvalue weighted by molar-refractivity contribution is 7.99. The lowest BCUT2D eigenvalue weighted by Gasteiger charge is -2.23. The van der Waals surface area contributed by atoms with Crippen LogP contribution >= 0.6 is 11.8 Å². The van der Waals surface area contributed by atoms with Gasteiger partial charge in [0.25, 0.3) is 0 Å². The van der Waals surface area contributed by atoms with Crippen LogP contribution in [-0.4, -0.2) is 38.0 Å². The number of aromatic nitrogens is 3. The van der Waals surface area contributed by atoms with Gasteiger partial charge in [-0.2, -0.15) is 0 Å². The van der Waals surface area contributed by atoms with E-state index in [1.165, 1.54) is 22.0 Å². The van der Waals surface area contributed by atoms with Gasteiger partial charge in [-0.3, -0.25) is 4.79 Å². The first kappa shape index (κ1) is 20.7. The van der Waals surface area contributed by atoms with Gasteiger partial charge in [0.2, 0.25) is 16.9 Å². The summed E-state index contributed by atoms with van der Waals surface area (Å²) in [5, 5.41) is 8.63. The topological polar surface area (TPSA) is 90.2 Å². The highest BCUT2D eigenvalue weighted by Gasteiger charge is 2.19. The van der Waals surface area contributed by atoms with Crippen molar-refractivity contribution in [1.29, 1.82) is 0 Å². The van der Waals surface area contributed by atoms with Crippen molar-refractivity contribution >= 4 is 17.7 Å². The lowest BCUT2D eigenvalue weighted by Crippen LogP contribution is -2.34. The first-order valence-corrected chi connectivity index (χ1v) is 10.9. The summed E-state index contributed by atoms with van der Waals surface area (Å²) in [4.78, 5) is 15.0. The molecule has 7 nitrogen and oxygen atoms in total. The summed E-state index contributed by atoms with van der Waals surface area (Å²) in [5.41, 5.74) is 2.29. The summed E-state index contributed by atoms with van der Waals surface area (Å²) in [7, 11) is 0. The van der Waals surface area contributed by atoms with Crippen LogP contribution in [0.2, 0.25) is 0 Å². The van der Waals surface area contributed by atoms with Gasteiger partial charge < -0.3 is 15.2 Å². The number of thioether (sulfide) groups is 1. The van der Waals surface area contributed by atoms with Crippen LogP contribution in [0.25, 0.3) is 11.6 Å². The molecule has 8 heteroatoms. The molecule has 31 heavy (non-hydrogen) atoms. The summed E-state index contributed by atoms with van der Waals surface area (Å²) in [6.07, 6.45) is 2.34. The van der Waals surface area contributed by atoms with Crippen molar-refractivity contribution < 1.29 is 9.21 Å². The van der Waals surface area contributed by atoms with E-state index in [0.717, 1.165) is 12.0 Å². The molecule has 0 saturated carbocycles. The summed E-state index contributed by atoms with van der Waals surface area (Å²) < 4.78 is 6.68. The zero-order valence-corrected chi connectivity index (χ0v) is 17.7. The van der Waals surface area contributed by atoms with E-state index in [2.05, 4.69) is 22.3 Å². The van der Waals surface area contributed by atoms with E-state index in [0.29, 0.717) is 29.8 Å². The number of carbonyl (C=O) groups excluding carboxylic acids is 1. The largest absolute Gasteiger partial charge is 0.461 e. The van der Waals surface area contributed by atoms with Crippen molar-refractivity contribution in [3.8, 4) is 11.6 Å². The molecule has 0 radical (unpaired) electrons. The van der Waals surface area contributed by atoms with Crippen LogP contribution < -0.4 is 5.84 Å². The molecule has 0 unspecified atom stereocenters. The molecule has 0 fully saturated rings. The molecule has 0 spiro atoms. The maximum absolute atomic E-state index is 13.1. The Labute approximate surface area is 184 Å². The Hall–Kier alpha value is -3.52. The summed E-state index contributed by atoms with van der Waals surface area (Å²) in [6.45, 7) is 1.19. The number of carbonyl (C=O) groups is 1. The maximum atomic E-state index is 13.1. The van der Waals surface area contributed by atoms with E-state index in [9.17, 15) is 4.79 Å². The molecular weight excluding hydrogens is 410 g/mol. The predicted molar refractivity (Wildman–Crippen MR) is 121 cm³/mol. The molecule has 1 amide bonds. The standard InChI is InChI=1S/C23H23N5O2S/c24-28-22(20-12-7-15-30-20)25-26-23(28)31-17-21(29)27(16-19-10-5-2-6-11-19)14-13-18-8-3-1-4-9-18/h1-12,15H,13-14,16-17,24H2. The molecule has 2 N–H and O–H groups in total. The van der Waals surface area contributed by atoms with Crippen LogP contribution in [0.1, 0.15) is 11.1 Å². The maximum Gasteiger partial charge on any atom is 0.233 e. The molecule has 4 aromatic rings. The van der Waals surface area contributed by atoms with Crippen molar-refractivity contribution in [3.63, 3.8) is 0 Å².